The molecule has 0 aliphatic carbocycles. The number of thioether (sulfide) groups is 1. The number of nitriles is 1. The summed E-state index contributed by atoms with van der Waals surface area (Å²) in [6, 6.07) is 9.36. The number of hydrogen-bond donors (Lipinski definition) is 0. The number of anilines is 1. The summed E-state index contributed by atoms with van der Waals surface area (Å²) in [5.41, 5.74) is 0.646. The molecule has 160 valence electrons. The molecule has 8 heteroatoms. The van der Waals surface area contributed by atoms with E-state index in [-0.39, 0.29) is 6.10 Å². The molecule has 0 spiro atoms. The van der Waals surface area contributed by atoms with Gasteiger partial charge in [-0.1, -0.05) is 11.8 Å². The molecule has 1 unspecified atom stereocenters. The smallest absolute Gasteiger partial charge is 0.228 e. The number of aromatic nitrogens is 3. The van der Waals surface area contributed by atoms with Crippen LogP contribution in [0.5, 0.6) is 5.75 Å². The maximum atomic E-state index is 8.86. The molecule has 2 fully saturated rings. The first-order valence-corrected chi connectivity index (χ1v) is 11.9. The van der Waals surface area contributed by atoms with Gasteiger partial charge in [0.25, 0.3) is 0 Å². The number of benzene rings is 1. The van der Waals surface area contributed by atoms with Crippen molar-refractivity contribution in [3.63, 3.8) is 0 Å². The Kier molecular flexibility index (Phi) is 7.49. The van der Waals surface area contributed by atoms with E-state index in [1.165, 1.54) is 19.3 Å². The Labute approximate surface area is 182 Å². The van der Waals surface area contributed by atoms with Crippen molar-refractivity contribution in [2.75, 3.05) is 37.0 Å². The van der Waals surface area contributed by atoms with Crippen molar-refractivity contribution in [3.05, 3.63) is 29.8 Å². The summed E-state index contributed by atoms with van der Waals surface area (Å²) in [5, 5.41) is 18.9. The van der Waals surface area contributed by atoms with Crippen LogP contribution in [0.25, 0.3) is 0 Å². The van der Waals surface area contributed by atoms with Gasteiger partial charge in [-0.2, -0.15) is 5.26 Å². The van der Waals surface area contributed by atoms with Crippen LogP contribution in [0, 0.1) is 11.3 Å². The Morgan fingerprint density at radius 2 is 1.97 bits per heavy atom. The molecule has 2 aromatic rings. The van der Waals surface area contributed by atoms with E-state index >= 15 is 0 Å². The van der Waals surface area contributed by atoms with Crippen LogP contribution in [0.1, 0.15) is 44.1 Å². The second-order valence-electron chi connectivity index (χ2n) is 7.76. The van der Waals surface area contributed by atoms with Gasteiger partial charge in [0.15, 0.2) is 5.16 Å². The third-order valence-corrected chi connectivity index (χ3v) is 6.57. The van der Waals surface area contributed by atoms with Gasteiger partial charge in [-0.05, 0) is 62.8 Å². The lowest BCUT2D eigenvalue weighted by molar-refractivity contribution is 0.0951. The first-order valence-electron chi connectivity index (χ1n) is 10.9. The Bertz CT molecular complexity index is 836. The van der Waals surface area contributed by atoms with E-state index in [2.05, 4.69) is 25.7 Å². The van der Waals surface area contributed by atoms with E-state index < -0.39 is 0 Å². The van der Waals surface area contributed by atoms with Gasteiger partial charge in [0, 0.05) is 25.4 Å². The van der Waals surface area contributed by atoms with Crippen LogP contribution in [0.15, 0.2) is 29.4 Å². The van der Waals surface area contributed by atoms with Crippen molar-refractivity contribution in [1.29, 1.82) is 5.26 Å². The van der Waals surface area contributed by atoms with E-state index in [1.807, 2.05) is 12.1 Å². The standard InChI is InChI=1S/C22H29N5O2S/c23-16-18-7-9-19(10-8-18)28-14-5-15-30-22-25-24-21(26-11-2-1-3-12-26)27(22)17-20-6-4-13-29-20/h7-10,20H,1-6,11-15,17H2. The Hall–Kier alpha value is -2.24. The quantitative estimate of drug-likeness (QED) is 0.444. The van der Waals surface area contributed by atoms with Gasteiger partial charge >= 0.3 is 0 Å². The SMILES string of the molecule is N#Cc1ccc(OCCCSc2nnc(N3CCCCC3)n2CC2CCCO2)cc1. The van der Waals surface area contributed by atoms with Crippen LogP contribution in [0.4, 0.5) is 5.95 Å². The molecule has 30 heavy (non-hydrogen) atoms. The third-order valence-electron chi connectivity index (χ3n) is 5.52. The summed E-state index contributed by atoms with van der Waals surface area (Å²) in [6.45, 7) is 4.46. The highest BCUT2D eigenvalue weighted by Gasteiger charge is 2.24. The molecule has 2 aliphatic heterocycles. The summed E-state index contributed by atoms with van der Waals surface area (Å²) in [4.78, 5) is 2.38. The predicted octanol–water partition coefficient (Wildman–Crippen LogP) is 3.88. The molecule has 1 atom stereocenters. The minimum atomic E-state index is 0.267. The maximum Gasteiger partial charge on any atom is 0.228 e. The monoisotopic (exact) mass is 427 g/mol. The van der Waals surface area contributed by atoms with E-state index in [1.54, 1.807) is 23.9 Å². The van der Waals surface area contributed by atoms with Crippen LogP contribution in [-0.4, -0.2) is 52.9 Å². The minimum absolute atomic E-state index is 0.267. The topological polar surface area (TPSA) is 76.2 Å². The van der Waals surface area contributed by atoms with Crippen molar-refractivity contribution in [3.8, 4) is 11.8 Å². The maximum absolute atomic E-state index is 8.86. The van der Waals surface area contributed by atoms with Gasteiger partial charge in [-0.3, -0.25) is 4.57 Å². The number of rotatable bonds is 9. The van der Waals surface area contributed by atoms with Crippen molar-refractivity contribution in [2.24, 2.45) is 0 Å². The second kappa shape index (κ2) is 10.7. The lowest BCUT2D eigenvalue weighted by Crippen LogP contribution is -2.33. The fraction of sp³-hybridized carbons (Fsp3) is 0.591. The molecule has 2 aliphatic rings. The van der Waals surface area contributed by atoms with Crippen LogP contribution in [0.2, 0.25) is 0 Å². The predicted molar refractivity (Wildman–Crippen MR) is 117 cm³/mol. The van der Waals surface area contributed by atoms with Gasteiger partial charge in [-0.15, -0.1) is 10.2 Å². The van der Waals surface area contributed by atoms with Crippen LogP contribution < -0.4 is 9.64 Å². The molecule has 7 nitrogen and oxygen atoms in total. The minimum Gasteiger partial charge on any atom is -0.494 e. The molecular weight excluding hydrogens is 398 g/mol. The van der Waals surface area contributed by atoms with Crippen LogP contribution in [-0.2, 0) is 11.3 Å². The average molecular weight is 428 g/mol. The molecule has 0 amide bonds. The Morgan fingerprint density at radius 3 is 2.70 bits per heavy atom. The van der Waals surface area contributed by atoms with Crippen molar-refractivity contribution >= 4 is 17.7 Å². The molecule has 2 saturated heterocycles. The molecular formula is C22H29N5O2S. The first-order chi connectivity index (χ1) is 14.8. The van der Waals surface area contributed by atoms with Gasteiger partial charge < -0.3 is 14.4 Å². The lowest BCUT2D eigenvalue weighted by Gasteiger charge is -2.28. The lowest BCUT2D eigenvalue weighted by atomic mass is 10.1. The summed E-state index contributed by atoms with van der Waals surface area (Å²) in [6.07, 6.45) is 7.18. The zero-order chi connectivity index (χ0) is 20.6. The molecule has 0 bridgehead atoms. The number of piperidine rings is 1. The Morgan fingerprint density at radius 1 is 1.13 bits per heavy atom. The van der Waals surface area contributed by atoms with Gasteiger partial charge in [0.2, 0.25) is 5.95 Å². The zero-order valence-corrected chi connectivity index (χ0v) is 18.1. The molecule has 0 N–H and O–H groups in total. The highest BCUT2D eigenvalue weighted by Crippen LogP contribution is 2.27. The summed E-state index contributed by atoms with van der Waals surface area (Å²) < 4.78 is 13.9. The van der Waals surface area contributed by atoms with Crippen LogP contribution >= 0.6 is 11.8 Å². The van der Waals surface area contributed by atoms with Crippen molar-refractivity contribution in [1.82, 2.24) is 14.8 Å². The molecule has 0 radical (unpaired) electrons. The molecule has 3 heterocycles. The highest BCUT2D eigenvalue weighted by atomic mass is 32.2. The van der Waals surface area contributed by atoms with Crippen molar-refractivity contribution < 1.29 is 9.47 Å². The molecule has 1 aromatic heterocycles. The zero-order valence-electron chi connectivity index (χ0n) is 17.3. The number of ether oxygens (including phenoxy) is 2. The van der Waals surface area contributed by atoms with Gasteiger partial charge in [0.1, 0.15) is 5.75 Å². The van der Waals surface area contributed by atoms with Gasteiger partial charge in [0.05, 0.1) is 30.9 Å². The van der Waals surface area contributed by atoms with E-state index in [9.17, 15) is 0 Å². The fourth-order valence-corrected chi connectivity index (χ4v) is 4.76. The van der Waals surface area contributed by atoms with E-state index in [4.69, 9.17) is 14.7 Å². The van der Waals surface area contributed by atoms with Gasteiger partial charge in [-0.25, -0.2) is 0 Å². The molecule has 4 rings (SSSR count). The third kappa shape index (κ3) is 5.46. The first kappa shape index (κ1) is 21.0. The van der Waals surface area contributed by atoms with E-state index in [0.717, 1.165) is 68.1 Å². The number of hydrogen-bond acceptors (Lipinski definition) is 7. The van der Waals surface area contributed by atoms with Crippen LogP contribution in [0.3, 0.4) is 0 Å². The summed E-state index contributed by atoms with van der Waals surface area (Å²) >= 11 is 1.74. The summed E-state index contributed by atoms with van der Waals surface area (Å²) in [5.74, 6) is 2.72. The van der Waals surface area contributed by atoms with E-state index in [0.29, 0.717) is 12.2 Å². The normalized spacial score (nSPS) is 19.0. The highest BCUT2D eigenvalue weighted by molar-refractivity contribution is 7.99. The molecule has 1 aromatic carbocycles. The fourth-order valence-electron chi connectivity index (χ4n) is 3.91. The largest absolute Gasteiger partial charge is 0.494 e. The average Bonchev–Trinajstić information content (AvgIpc) is 3.45. The van der Waals surface area contributed by atoms with Crippen molar-refractivity contribution in [2.45, 2.75) is 56.3 Å². The summed E-state index contributed by atoms with van der Waals surface area (Å²) in [7, 11) is 0. The number of nitrogens with zero attached hydrogens (tertiary/aromatic N) is 5. The Balaban J connectivity index is 1.31. The second-order valence-corrected chi connectivity index (χ2v) is 8.82. The molecule has 0 saturated carbocycles.